The van der Waals surface area contributed by atoms with Crippen molar-refractivity contribution in [2.75, 3.05) is 0 Å². The second-order valence-electron chi connectivity index (χ2n) is 5.16. The van der Waals surface area contributed by atoms with Crippen LogP contribution in [0, 0.1) is 0 Å². The Kier molecular flexibility index (Phi) is 2.83. The molecule has 1 aliphatic carbocycles. The van der Waals surface area contributed by atoms with Crippen LogP contribution in [0.15, 0.2) is 17.0 Å². The highest BCUT2D eigenvalue weighted by molar-refractivity contribution is 7.86. The van der Waals surface area contributed by atoms with E-state index in [2.05, 4.69) is 19.1 Å². The van der Waals surface area contributed by atoms with Gasteiger partial charge in [-0.1, -0.05) is 19.4 Å². The lowest BCUT2D eigenvalue weighted by Crippen LogP contribution is -2.23. The minimum absolute atomic E-state index is 0.0170. The molecule has 0 spiro atoms. The Hall–Kier alpha value is -0.670. The fraction of sp³-hybridized carbons (Fsp3) is 0.571. The predicted octanol–water partition coefficient (Wildman–Crippen LogP) is 2.47. The first-order valence-corrected chi connectivity index (χ1v) is 7.75. The van der Waals surface area contributed by atoms with Gasteiger partial charge in [0.25, 0.3) is 0 Å². The van der Waals surface area contributed by atoms with E-state index in [-0.39, 0.29) is 11.3 Å². The van der Waals surface area contributed by atoms with Crippen LogP contribution in [0.3, 0.4) is 0 Å². The summed E-state index contributed by atoms with van der Waals surface area (Å²) in [6.45, 7) is 2.13. The molecular weight excluding hydrogens is 230 g/mol. The van der Waals surface area contributed by atoms with Crippen molar-refractivity contribution in [2.24, 2.45) is 5.73 Å². The molecule has 0 fully saturated rings. The lowest BCUT2D eigenvalue weighted by Gasteiger charge is -2.13. The standard InChI is InChI=1S/C14H19NOS/c1-2-4-12-14(15)11-7-9-5-3-6-10(9)8-13(11)17(12)16/h7-8,12,14H,2-6,15H2,1H3. The lowest BCUT2D eigenvalue weighted by molar-refractivity contribution is 0.606. The van der Waals surface area contributed by atoms with Crippen LogP contribution >= 0.6 is 0 Å². The summed E-state index contributed by atoms with van der Waals surface area (Å²) in [7, 11) is -0.883. The van der Waals surface area contributed by atoms with Gasteiger partial charge in [0.15, 0.2) is 0 Å². The highest BCUT2D eigenvalue weighted by Crippen LogP contribution is 2.40. The van der Waals surface area contributed by atoms with Gasteiger partial charge in [0, 0.05) is 10.9 Å². The number of hydrogen-bond donors (Lipinski definition) is 1. The molecule has 2 N–H and O–H groups in total. The molecule has 0 amide bonds. The molecular formula is C14H19NOS. The van der Waals surface area contributed by atoms with Crippen molar-refractivity contribution in [3.8, 4) is 0 Å². The number of nitrogens with two attached hydrogens (primary N) is 1. The zero-order valence-corrected chi connectivity index (χ0v) is 11.1. The second-order valence-corrected chi connectivity index (χ2v) is 6.80. The zero-order valence-electron chi connectivity index (χ0n) is 10.2. The Balaban J connectivity index is 2.05. The van der Waals surface area contributed by atoms with Crippen molar-refractivity contribution in [3.63, 3.8) is 0 Å². The molecule has 0 aromatic heterocycles. The van der Waals surface area contributed by atoms with Crippen molar-refractivity contribution in [3.05, 3.63) is 28.8 Å². The molecule has 17 heavy (non-hydrogen) atoms. The van der Waals surface area contributed by atoms with Crippen molar-refractivity contribution in [1.82, 2.24) is 0 Å². The molecule has 0 bridgehead atoms. The van der Waals surface area contributed by atoms with Crippen molar-refractivity contribution in [1.29, 1.82) is 0 Å². The van der Waals surface area contributed by atoms with Gasteiger partial charge in [0.05, 0.1) is 16.0 Å². The molecule has 3 heteroatoms. The molecule has 0 radical (unpaired) electrons. The van der Waals surface area contributed by atoms with Gasteiger partial charge < -0.3 is 5.73 Å². The van der Waals surface area contributed by atoms with Gasteiger partial charge in [0.2, 0.25) is 0 Å². The van der Waals surface area contributed by atoms with Crippen LogP contribution < -0.4 is 5.73 Å². The van der Waals surface area contributed by atoms with Gasteiger partial charge in [-0.3, -0.25) is 4.21 Å². The first-order chi connectivity index (χ1) is 8.22. The minimum Gasteiger partial charge on any atom is -0.323 e. The van der Waals surface area contributed by atoms with Crippen LogP contribution in [-0.4, -0.2) is 9.46 Å². The van der Waals surface area contributed by atoms with E-state index in [0.29, 0.717) is 0 Å². The number of hydrogen-bond acceptors (Lipinski definition) is 2. The third-order valence-electron chi connectivity index (χ3n) is 4.05. The van der Waals surface area contributed by atoms with Gasteiger partial charge >= 0.3 is 0 Å². The summed E-state index contributed by atoms with van der Waals surface area (Å²) in [5.41, 5.74) is 10.3. The molecule has 1 aliphatic heterocycles. The smallest absolute Gasteiger partial charge is 0.0587 e. The topological polar surface area (TPSA) is 43.1 Å². The summed E-state index contributed by atoms with van der Waals surface area (Å²) in [5.74, 6) is 0. The van der Waals surface area contributed by atoms with E-state index < -0.39 is 10.8 Å². The SMILES string of the molecule is CCCC1C(N)c2cc3c(cc2S1=O)CCC3. The summed E-state index contributed by atoms with van der Waals surface area (Å²) in [4.78, 5) is 1.02. The lowest BCUT2D eigenvalue weighted by atomic mass is 9.98. The van der Waals surface area contributed by atoms with Crippen LogP contribution in [0.1, 0.15) is 48.9 Å². The molecule has 92 valence electrons. The van der Waals surface area contributed by atoms with Crippen molar-refractivity contribution in [2.45, 2.75) is 55.2 Å². The maximum absolute atomic E-state index is 12.4. The van der Waals surface area contributed by atoms with Gasteiger partial charge in [0.1, 0.15) is 0 Å². The highest BCUT2D eigenvalue weighted by atomic mass is 32.2. The fourth-order valence-corrected chi connectivity index (χ4v) is 5.00. The molecule has 2 aliphatic rings. The molecule has 3 rings (SSSR count). The number of rotatable bonds is 2. The Bertz CT molecular complexity index is 483. The van der Waals surface area contributed by atoms with Crippen LogP contribution in [0.2, 0.25) is 0 Å². The third kappa shape index (κ3) is 1.67. The van der Waals surface area contributed by atoms with Gasteiger partial charge in [-0.05, 0) is 48.4 Å². The summed E-state index contributed by atoms with van der Waals surface area (Å²) in [5, 5.41) is 0.137. The molecule has 1 aromatic rings. The van der Waals surface area contributed by atoms with Gasteiger partial charge in [-0.2, -0.15) is 0 Å². The van der Waals surface area contributed by atoms with Crippen LogP contribution in [0.4, 0.5) is 0 Å². The minimum atomic E-state index is -0.883. The molecule has 0 saturated carbocycles. The van der Waals surface area contributed by atoms with E-state index in [0.717, 1.165) is 29.7 Å². The summed E-state index contributed by atoms with van der Waals surface area (Å²) in [6.07, 6.45) is 5.57. The van der Waals surface area contributed by atoms with E-state index in [1.165, 1.54) is 24.0 Å². The van der Waals surface area contributed by atoms with E-state index >= 15 is 0 Å². The highest BCUT2D eigenvalue weighted by Gasteiger charge is 2.36. The molecule has 1 heterocycles. The van der Waals surface area contributed by atoms with E-state index in [9.17, 15) is 4.21 Å². The number of benzene rings is 1. The quantitative estimate of drug-likeness (QED) is 0.875. The molecule has 1 aromatic carbocycles. The Labute approximate surface area is 105 Å². The summed E-state index contributed by atoms with van der Waals surface area (Å²) < 4.78 is 12.4. The van der Waals surface area contributed by atoms with E-state index in [1.807, 2.05) is 0 Å². The molecule has 0 saturated heterocycles. The van der Waals surface area contributed by atoms with Gasteiger partial charge in [-0.25, -0.2) is 0 Å². The molecule has 3 unspecified atom stereocenters. The third-order valence-corrected chi connectivity index (χ3v) is 5.91. The van der Waals surface area contributed by atoms with Crippen molar-refractivity contribution < 1.29 is 4.21 Å². The largest absolute Gasteiger partial charge is 0.323 e. The van der Waals surface area contributed by atoms with Crippen molar-refractivity contribution >= 4 is 10.8 Å². The maximum Gasteiger partial charge on any atom is 0.0587 e. The second kappa shape index (κ2) is 4.21. The van der Waals surface area contributed by atoms with E-state index in [1.54, 1.807) is 0 Å². The fourth-order valence-electron chi connectivity index (χ4n) is 3.12. The maximum atomic E-state index is 12.4. The molecule has 3 atom stereocenters. The molecule has 2 nitrogen and oxygen atoms in total. The van der Waals surface area contributed by atoms with Crippen LogP contribution in [0.25, 0.3) is 0 Å². The number of fused-ring (bicyclic) bond motifs is 2. The Morgan fingerprint density at radius 3 is 2.76 bits per heavy atom. The van der Waals surface area contributed by atoms with Gasteiger partial charge in [-0.15, -0.1) is 0 Å². The number of aryl methyl sites for hydroxylation is 2. The zero-order chi connectivity index (χ0) is 12.0. The Morgan fingerprint density at radius 2 is 2.06 bits per heavy atom. The average molecular weight is 249 g/mol. The van der Waals surface area contributed by atoms with E-state index in [4.69, 9.17) is 5.73 Å². The first-order valence-electron chi connectivity index (χ1n) is 6.54. The normalized spacial score (nSPS) is 30.4. The summed E-state index contributed by atoms with van der Waals surface area (Å²) in [6, 6.07) is 4.39. The Morgan fingerprint density at radius 1 is 1.35 bits per heavy atom. The predicted molar refractivity (Wildman–Crippen MR) is 70.5 cm³/mol. The van der Waals surface area contributed by atoms with Crippen LogP contribution in [-0.2, 0) is 23.6 Å². The summed E-state index contributed by atoms with van der Waals surface area (Å²) >= 11 is 0. The monoisotopic (exact) mass is 249 g/mol. The van der Waals surface area contributed by atoms with Crippen LogP contribution in [0.5, 0.6) is 0 Å². The first kappa shape index (κ1) is 11.4. The average Bonchev–Trinajstić information content (AvgIpc) is 2.87.